The van der Waals surface area contributed by atoms with Crippen LogP contribution in [0, 0.1) is 0 Å². The van der Waals surface area contributed by atoms with E-state index in [1.165, 1.54) is 4.90 Å². The Labute approximate surface area is 176 Å². The van der Waals surface area contributed by atoms with Crippen molar-refractivity contribution >= 4 is 17.3 Å². The second-order valence-corrected chi connectivity index (χ2v) is 6.85. The van der Waals surface area contributed by atoms with Gasteiger partial charge in [-0.25, -0.2) is 0 Å². The number of allylic oxidation sites excluding steroid dienone is 2. The molecule has 6 heteroatoms. The quantitative estimate of drug-likeness (QED) is 0.508. The zero-order valence-corrected chi connectivity index (χ0v) is 16.9. The monoisotopic (exact) mass is 407 g/mol. The highest BCUT2D eigenvalue weighted by Crippen LogP contribution is 2.24. The van der Waals surface area contributed by atoms with E-state index in [1.807, 2.05) is 54.6 Å². The van der Waals surface area contributed by atoms with Gasteiger partial charge in [-0.2, -0.15) is 0 Å². The third-order valence-corrected chi connectivity index (χ3v) is 4.53. The second-order valence-electron chi connectivity index (χ2n) is 6.85. The highest BCUT2D eigenvalue weighted by atomic mass is 16.5. The van der Waals surface area contributed by atoms with Crippen molar-refractivity contribution in [3.63, 3.8) is 0 Å². The smallest absolute Gasteiger partial charge is 0.313 e. The average Bonchev–Trinajstić information content (AvgIpc) is 2.75. The van der Waals surface area contributed by atoms with Gasteiger partial charge in [-0.3, -0.25) is 9.59 Å². The summed E-state index contributed by atoms with van der Waals surface area (Å²) in [6.07, 6.45) is 3.89. The van der Waals surface area contributed by atoms with E-state index in [9.17, 15) is 14.7 Å². The van der Waals surface area contributed by atoms with Gasteiger partial charge in [0.05, 0.1) is 13.2 Å². The lowest BCUT2D eigenvalue weighted by Crippen LogP contribution is -2.36. The summed E-state index contributed by atoms with van der Waals surface area (Å²) >= 11 is 0. The molecule has 1 aliphatic rings. The molecular formula is C24H25NO5. The van der Waals surface area contributed by atoms with Crippen molar-refractivity contribution in [1.29, 1.82) is 0 Å². The Morgan fingerprint density at radius 1 is 1.07 bits per heavy atom. The normalized spacial score (nSPS) is 15.5. The molecule has 1 N–H and O–H groups in total. The number of ketones is 1. The molecule has 0 fully saturated rings. The molecule has 0 spiro atoms. The zero-order valence-electron chi connectivity index (χ0n) is 16.9. The van der Waals surface area contributed by atoms with Crippen LogP contribution in [0.4, 0.5) is 0 Å². The van der Waals surface area contributed by atoms with E-state index in [2.05, 4.69) is 0 Å². The average molecular weight is 407 g/mol. The van der Waals surface area contributed by atoms with Crippen molar-refractivity contribution in [1.82, 2.24) is 4.90 Å². The van der Waals surface area contributed by atoms with Gasteiger partial charge in [0.1, 0.15) is 25.0 Å². The molecule has 1 unspecified atom stereocenters. The Kier molecular flexibility index (Phi) is 7.40. The highest BCUT2D eigenvalue weighted by Gasteiger charge is 2.20. The molecule has 0 amide bonds. The standard InChI is InChI=1S/C24H25NO5/c1-2-29-24(28)14-21(26)16-25-15-20(10-13-23(25)27)19-8-11-22(12-9-19)30-17-18-6-4-3-5-7-18/h3-13,15,23,27H,2,14,16-17H2,1H3. The summed E-state index contributed by atoms with van der Waals surface area (Å²) in [5, 5.41) is 10.1. The van der Waals surface area contributed by atoms with E-state index in [4.69, 9.17) is 9.47 Å². The van der Waals surface area contributed by atoms with Gasteiger partial charge in [0.25, 0.3) is 0 Å². The highest BCUT2D eigenvalue weighted by molar-refractivity contribution is 5.96. The van der Waals surface area contributed by atoms with E-state index in [-0.39, 0.29) is 25.4 Å². The predicted octanol–water partition coefficient (Wildman–Crippen LogP) is 3.32. The summed E-state index contributed by atoms with van der Waals surface area (Å²) in [7, 11) is 0. The van der Waals surface area contributed by atoms with Crippen LogP contribution in [0.3, 0.4) is 0 Å². The van der Waals surface area contributed by atoms with Gasteiger partial charge in [0.15, 0.2) is 5.78 Å². The van der Waals surface area contributed by atoms with Crippen LogP contribution in [0.5, 0.6) is 5.75 Å². The van der Waals surface area contributed by atoms with Crippen molar-refractivity contribution in [2.45, 2.75) is 26.2 Å². The van der Waals surface area contributed by atoms with Crippen LogP contribution in [-0.4, -0.2) is 41.1 Å². The van der Waals surface area contributed by atoms with E-state index < -0.39 is 12.2 Å². The van der Waals surface area contributed by atoms with Crippen molar-refractivity contribution < 1.29 is 24.2 Å². The Bertz CT molecular complexity index is 918. The molecule has 30 heavy (non-hydrogen) atoms. The van der Waals surface area contributed by atoms with Gasteiger partial charge in [-0.05, 0) is 41.8 Å². The number of hydrogen-bond acceptors (Lipinski definition) is 6. The molecule has 0 aromatic heterocycles. The maximum atomic E-state index is 12.1. The Hall–Kier alpha value is -3.38. The fraction of sp³-hybridized carbons (Fsp3) is 0.250. The van der Waals surface area contributed by atoms with Gasteiger partial charge in [0, 0.05) is 6.20 Å². The minimum Gasteiger partial charge on any atom is -0.489 e. The third kappa shape index (κ3) is 6.06. The molecule has 156 valence electrons. The zero-order chi connectivity index (χ0) is 21.3. The first kappa shape index (κ1) is 21.3. The largest absolute Gasteiger partial charge is 0.489 e. The van der Waals surface area contributed by atoms with Gasteiger partial charge in [0.2, 0.25) is 0 Å². The number of hydrogen-bond donors (Lipinski definition) is 1. The van der Waals surface area contributed by atoms with Crippen LogP contribution in [0.25, 0.3) is 5.57 Å². The number of rotatable bonds is 9. The summed E-state index contributed by atoms with van der Waals surface area (Å²) in [5.41, 5.74) is 2.86. The lowest BCUT2D eigenvalue weighted by molar-refractivity contribution is -0.145. The summed E-state index contributed by atoms with van der Waals surface area (Å²) in [6.45, 7) is 2.34. The van der Waals surface area contributed by atoms with E-state index in [0.717, 1.165) is 22.4 Å². The fourth-order valence-electron chi connectivity index (χ4n) is 3.03. The molecule has 0 aliphatic carbocycles. The number of nitrogens with zero attached hydrogens (tertiary/aromatic N) is 1. The van der Waals surface area contributed by atoms with Crippen LogP contribution in [0.2, 0.25) is 0 Å². The molecule has 6 nitrogen and oxygen atoms in total. The molecule has 0 radical (unpaired) electrons. The Balaban J connectivity index is 1.61. The first-order chi connectivity index (χ1) is 14.5. The molecule has 0 saturated carbocycles. The van der Waals surface area contributed by atoms with Crippen LogP contribution in [-0.2, 0) is 20.9 Å². The van der Waals surface area contributed by atoms with E-state index in [1.54, 1.807) is 25.3 Å². The minimum absolute atomic E-state index is 0.0773. The second kappa shape index (κ2) is 10.4. The molecule has 1 heterocycles. The molecule has 1 atom stereocenters. The number of carbonyl (C=O) groups is 2. The maximum Gasteiger partial charge on any atom is 0.313 e. The van der Waals surface area contributed by atoms with Gasteiger partial charge in [-0.15, -0.1) is 0 Å². The van der Waals surface area contributed by atoms with Gasteiger partial charge >= 0.3 is 5.97 Å². The number of aliphatic hydroxyl groups excluding tert-OH is 1. The lowest BCUT2D eigenvalue weighted by atomic mass is 10.0. The molecule has 3 rings (SSSR count). The third-order valence-electron chi connectivity index (χ3n) is 4.53. The Morgan fingerprint density at radius 2 is 1.80 bits per heavy atom. The van der Waals surface area contributed by atoms with E-state index in [0.29, 0.717) is 6.61 Å². The molecule has 1 aliphatic heterocycles. The summed E-state index contributed by atoms with van der Waals surface area (Å²) in [4.78, 5) is 25.1. The Morgan fingerprint density at radius 3 is 2.50 bits per heavy atom. The molecule has 2 aromatic rings. The molecular weight excluding hydrogens is 382 g/mol. The summed E-state index contributed by atoms with van der Waals surface area (Å²) in [6, 6.07) is 17.5. The summed E-state index contributed by atoms with van der Waals surface area (Å²) in [5.74, 6) is -0.118. The number of ether oxygens (including phenoxy) is 2. The molecule has 0 bridgehead atoms. The van der Waals surface area contributed by atoms with Crippen LogP contribution in [0.15, 0.2) is 72.9 Å². The lowest BCUT2D eigenvalue weighted by Gasteiger charge is -2.27. The first-order valence-electron chi connectivity index (χ1n) is 9.83. The fourth-order valence-corrected chi connectivity index (χ4v) is 3.03. The van der Waals surface area contributed by atoms with Crippen molar-refractivity contribution in [3.05, 3.63) is 84.1 Å². The number of benzene rings is 2. The van der Waals surface area contributed by atoms with Crippen molar-refractivity contribution in [3.8, 4) is 5.75 Å². The van der Waals surface area contributed by atoms with Crippen molar-refractivity contribution in [2.75, 3.05) is 13.2 Å². The van der Waals surface area contributed by atoms with Gasteiger partial charge < -0.3 is 19.5 Å². The van der Waals surface area contributed by atoms with Gasteiger partial charge in [-0.1, -0.05) is 48.5 Å². The topological polar surface area (TPSA) is 76.1 Å². The molecule has 0 saturated heterocycles. The van der Waals surface area contributed by atoms with Crippen LogP contribution in [0.1, 0.15) is 24.5 Å². The maximum absolute atomic E-state index is 12.1. The number of carbonyl (C=O) groups excluding carboxylic acids is 2. The van der Waals surface area contributed by atoms with Crippen LogP contribution >= 0.6 is 0 Å². The number of aliphatic hydroxyl groups is 1. The predicted molar refractivity (Wildman–Crippen MR) is 113 cm³/mol. The molecule has 2 aromatic carbocycles. The number of Topliss-reactive ketones (excluding diaryl/α,β-unsaturated/α-hetero) is 1. The minimum atomic E-state index is -0.923. The van der Waals surface area contributed by atoms with E-state index >= 15 is 0 Å². The first-order valence-corrected chi connectivity index (χ1v) is 9.83. The number of esters is 1. The van der Waals surface area contributed by atoms with Crippen LogP contribution < -0.4 is 4.74 Å². The summed E-state index contributed by atoms with van der Waals surface area (Å²) < 4.78 is 10.6. The van der Waals surface area contributed by atoms with Crippen molar-refractivity contribution in [2.24, 2.45) is 0 Å². The SMILES string of the molecule is CCOC(=O)CC(=O)CN1C=C(c2ccc(OCc3ccccc3)cc2)C=CC1O.